The van der Waals surface area contributed by atoms with E-state index < -0.39 is 0 Å². The van der Waals surface area contributed by atoms with E-state index in [-0.39, 0.29) is 17.9 Å². The Labute approximate surface area is 136 Å². The molecule has 2 rings (SSSR count). The highest BCUT2D eigenvalue weighted by Crippen LogP contribution is 2.19. The summed E-state index contributed by atoms with van der Waals surface area (Å²) < 4.78 is 5.94. The molecule has 6 nitrogen and oxygen atoms in total. The lowest BCUT2D eigenvalue weighted by atomic mass is 10.1. The van der Waals surface area contributed by atoms with Gasteiger partial charge < -0.3 is 15.0 Å². The third kappa shape index (κ3) is 4.81. The van der Waals surface area contributed by atoms with Crippen LogP contribution in [0.15, 0.2) is 30.0 Å². The summed E-state index contributed by atoms with van der Waals surface area (Å²) in [7, 11) is 1.56. The van der Waals surface area contributed by atoms with Crippen LogP contribution in [0.4, 0.5) is 0 Å². The first-order valence-corrected chi connectivity index (χ1v) is 7.78. The van der Waals surface area contributed by atoms with Crippen LogP contribution in [0.5, 0.6) is 5.75 Å². The van der Waals surface area contributed by atoms with Gasteiger partial charge in [0.2, 0.25) is 5.91 Å². The van der Waals surface area contributed by atoms with Crippen LogP contribution >= 0.6 is 0 Å². The minimum absolute atomic E-state index is 0.0269. The molecule has 2 amide bonds. The van der Waals surface area contributed by atoms with Gasteiger partial charge in [0.05, 0.1) is 6.54 Å². The van der Waals surface area contributed by atoms with Gasteiger partial charge in [0.1, 0.15) is 17.5 Å². The van der Waals surface area contributed by atoms with E-state index >= 15 is 0 Å². The number of ether oxygens (including phenoxy) is 1. The Bertz CT molecular complexity index is 609. The first-order valence-electron chi connectivity index (χ1n) is 7.78. The number of allylic oxidation sites excluding steroid dienone is 1. The first kappa shape index (κ1) is 17.0. The highest BCUT2D eigenvalue weighted by molar-refractivity contribution is 5.92. The highest BCUT2D eigenvalue weighted by atomic mass is 16.5. The molecule has 0 spiro atoms. The predicted molar refractivity (Wildman–Crippen MR) is 87.3 cm³/mol. The second-order valence-electron chi connectivity index (χ2n) is 5.84. The third-order valence-electron chi connectivity index (χ3n) is 3.60. The van der Waals surface area contributed by atoms with Crippen LogP contribution in [0.3, 0.4) is 0 Å². The summed E-state index contributed by atoms with van der Waals surface area (Å²) in [6.07, 6.45) is 4.92. The van der Waals surface area contributed by atoms with Crippen molar-refractivity contribution in [2.75, 3.05) is 20.1 Å². The summed E-state index contributed by atoms with van der Waals surface area (Å²) in [6.45, 7) is 5.13. The molecule has 23 heavy (non-hydrogen) atoms. The fourth-order valence-electron chi connectivity index (χ4n) is 2.50. The van der Waals surface area contributed by atoms with Gasteiger partial charge in [-0.25, -0.2) is 0 Å². The zero-order valence-electron chi connectivity index (χ0n) is 13.8. The van der Waals surface area contributed by atoms with Gasteiger partial charge >= 0.3 is 0 Å². The molecule has 1 aromatic heterocycles. The number of aromatic nitrogens is 1. The Kier molecular flexibility index (Phi) is 5.73. The van der Waals surface area contributed by atoms with Crippen LogP contribution in [0.2, 0.25) is 0 Å². The first-order chi connectivity index (χ1) is 11.0. The molecule has 1 saturated heterocycles. The summed E-state index contributed by atoms with van der Waals surface area (Å²) >= 11 is 0. The SMILES string of the molecule is CNC(=O)c1cc(OC2CCCN(C(=O)C=C(C)C)C2)ccn1. The van der Waals surface area contributed by atoms with Gasteiger partial charge in [-0.05, 0) is 32.8 Å². The number of nitrogens with one attached hydrogen (secondary N) is 1. The molecule has 1 N–H and O–H groups in total. The molecule has 0 aromatic carbocycles. The molecule has 1 aromatic rings. The average Bonchev–Trinajstić information content (AvgIpc) is 2.54. The Hall–Kier alpha value is -2.37. The standard InChI is InChI=1S/C17H23N3O3/c1-12(2)9-16(21)20-8-4-5-14(11-20)23-13-6-7-19-15(10-13)17(22)18-3/h6-7,9-10,14H,4-5,8,11H2,1-3H3,(H,18,22). The minimum atomic E-state index is -0.251. The van der Waals surface area contributed by atoms with Crippen molar-refractivity contribution in [1.29, 1.82) is 0 Å². The quantitative estimate of drug-likeness (QED) is 0.859. The lowest BCUT2D eigenvalue weighted by molar-refractivity contribution is -0.128. The molecule has 124 valence electrons. The average molecular weight is 317 g/mol. The third-order valence-corrected chi connectivity index (χ3v) is 3.60. The van der Waals surface area contributed by atoms with Crippen molar-refractivity contribution in [3.63, 3.8) is 0 Å². The van der Waals surface area contributed by atoms with Crippen molar-refractivity contribution >= 4 is 11.8 Å². The number of nitrogens with zero attached hydrogens (tertiary/aromatic N) is 2. The fourth-order valence-corrected chi connectivity index (χ4v) is 2.50. The smallest absolute Gasteiger partial charge is 0.269 e. The monoisotopic (exact) mass is 317 g/mol. The number of likely N-dealkylation sites (tertiary alicyclic amines) is 1. The van der Waals surface area contributed by atoms with Gasteiger partial charge in [-0.2, -0.15) is 0 Å². The summed E-state index contributed by atoms with van der Waals surface area (Å²) in [6, 6.07) is 3.35. The Morgan fingerprint density at radius 2 is 2.22 bits per heavy atom. The van der Waals surface area contributed by atoms with Crippen LogP contribution in [0.1, 0.15) is 37.2 Å². The Morgan fingerprint density at radius 3 is 2.91 bits per heavy atom. The van der Waals surface area contributed by atoms with Crippen molar-refractivity contribution in [3.8, 4) is 5.75 Å². The molecule has 2 heterocycles. The molecule has 1 aliphatic heterocycles. The number of hydrogen-bond acceptors (Lipinski definition) is 4. The molecule has 0 aliphatic carbocycles. The number of piperidine rings is 1. The van der Waals surface area contributed by atoms with E-state index in [4.69, 9.17) is 4.74 Å². The van der Waals surface area contributed by atoms with Crippen molar-refractivity contribution < 1.29 is 14.3 Å². The second kappa shape index (κ2) is 7.76. The maximum Gasteiger partial charge on any atom is 0.269 e. The lowest BCUT2D eigenvalue weighted by Crippen LogP contribution is -2.43. The van der Waals surface area contributed by atoms with E-state index in [2.05, 4.69) is 10.3 Å². The summed E-state index contributed by atoms with van der Waals surface area (Å²) in [5.41, 5.74) is 1.31. The van der Waals surface area contributed by atoms with Gasteiger partial charge in [-0.15, -0.1) is 0 Å². The molecule has 0 radical (unpaired) electrons. The van der Waals surface area contributed by atoms with Crippen LogP contribution in [0, 0.1) is 0 Å². The minimum Gasteiger partial charge on any atom is -0.488 e. The summed E-state index contributed by atoms with van der Waals surface area (Å²) in [5.74, 6) is 0.374. The second-order valence-corrected chi connectivity index (χ2v) is 5.84. The Balaban J connectivity index is 2.01. The van der Waals surface area contributed by atoms with E-state index in [1.807, 2.05) is 18.7 Å². The van der Waals surface area contributed by atoms with E-state index in [1.165, 1.54) is 0 Å². The van der Waals surface area contributed by atoms with Crippen LogP contribution in [-0.4, -0.2) is 47.9 Å². The lowest BCUT2D eigenvalue weighted by Gasteiger charge is -2.32. The maximum atomic E-state index is 12.1. The molecule has 1 atom stereocenters. The summed E-state index contributed by atoms with van der Waals surface area (Å²) in [5, 5.41) is 2.54. The number of carbonyl (C=O) groups is 2. The molecule has 1 aliphatic rings. The largest absolute Gasteiger partial charge is 0.488 e. The van der Waals surface area contributed by atoms with Gasteiger partial charge in [-0.3, -0.25) is 14.6 Å². The van der Waals surface area contributed by atoms with E-state index in [1.54, 1.807) is 31.5 Å². The van der Waals surface area contributed by atoms with Crippen molar-refractivity contribution in [1.82, 2.24) is 15.2 Å². The topological polar surface area (TPSA) is 71.5 Å². The molecule has 0 saturated carbocycles. The van der Waals surface area contributed by atoms with Crippen LogP contribution in [-0.2, 0) is 4.79 Å². The highest BCUT2D eigenvalue weighted by Gasteiger charge is 2.24. The van der Waals surface area contributed by atoms with Crippen molar-refractivity contribution in [3.05, 3.63) is 35.7 Å². The maximum absolute atomic E-state index is 12.1. The van der Waals surface area contributed by atoms with Crippen molar-refractivity contribution in [2.45, 2.75) is 32.8 Å². The van der Waals surface area contributed by atoms with Crippen LogP contribution < -0.4 is 10.1 Å². The Morgan fingerprint density at radius 1 is 1.43 bits per heavy atom. The predicted octanol–water partition coefficient (Wildman–Crippen LogP) is 1.78. The number of pyridine rings is 1. The van der Waals surface area contributed by atoms with E-state index in [9.17, 15) is 9.59 Å². The normalized spacial score (nSPS) is 17.3. The zero-order chi connectivity index (χ0) is 16.8. The summed E-state index contributed by atoms with van der Waals surface area (Å²) in [4.78, 5) is 29.6. The molecule has 1 unspecified atom stereocenters. The number of amides is 2. The van der Waals surface area contributed by atoms with Gasteiger partial charge in [0, 0.05) is 31.9 Å². The van der Waals surface area contributed by atoms with E-state index in [0.29, 0.717) is 18.0 Å². The van der Waals surface area contributed by atoms with Crippen molar-refractivity contribution in [2.24, 2.45) is 0 Å². The van der Waals surface area contributed by atoms with Gasteiger partial charge in [0.15, 0.2) is 0 Å². The number of hydrogen-bond donors (Lipinski definition) is 1. The van der Waals surface area contributed by atoms with Gasteiger partial charge in [0.25, 0.3) is 5.91 Å². The molecule has 6 heteroatoms. The van der Waals surface area contributed by atoms with Crippen LogP contribution in [0.25, 0.3) is 0 Å². The molecular weight excluding hydrogens is 294 g/mol. The number of carbonyl (C=O) groups excluding carboxylic acids is 2. The fraction of sp³-hybridized carbons (Fsp3) is 0.471. The van der Waals surface area contributed by atoms with E-state index in [0.717, 1.165) is 25.0 Å². The molecular formula is C17H23N3O3. The molecule has 1 fully saturated rings. The molecule has 0 bridgehead atoms. The van der Waals surface area contributed by atoms with Gasteiger partial charge in [-0.1, -0.05) is 5.57 Å². The zero-order valence-corrected chi connectivity index (χ0v) is 13.8. The number of rotatable bonds is 4.